The molecule has 3 atom stereocenters. The van der Waals surface area contributed by atoms with Gasteiger partial charge in [-0.25, -0.2) is 4.79 Å². The van der Waals surface area contributed by atoms with Crippen molar-refractivity contribution in [3.05, 3.63) is 17.3 Å². The summed E-state index contributed by atoms with van der Waals surface area (Å²) >= 11 is 5.73. The van der Waals surface area contributed by atoms with Crippen molar-refractivity contribution in [3.63, 3.8) is 0 Å². The van der Waals surface area contributed by atoms with Crippen molar-refractivity contribution >= 4 is 17.7 Å². The number of carbonyl (C=O) groups excluding carboxylic acids is 1. The molecular weight excluding hydrogens is 318 g/mol. The number of aromatic nitrogens is 2. The van der Waals surface area contributed by atoms with E-state index in [-0.39, 0.29) is 24.3 Å². The van der Waals surface area contributed by atoms with Gasteiger partial charge in [-0.15, -0.1) is 10.2 Å². The molecule has 2 aliphatic heterocycles. The number of carbonyl (C=O) groups is 1. The van der Waals surface area contributed by atoms with Gasteiger partial charge in [-0.1, -0.05) is 11.6 Å². The van der Waals surface area contributed by atoms with E-state index >= 15 is 0 Å². The van der Waals surface area contributed by atoms with Crippen LogP contribution in [0.4, 0.5) is 4.79 Å². The van der Waals surface area contributed by atoms with Crippen molar-refractivity contribution < 1.29 is 14.3 Å². The smallest absolute Gasteiger partial charge is 0.410 e. The largest absolute Gasteiger partial charge is 0.473 e. The number of hydrogen-bond acceptors (Lipinski definition) is 5. The van der Waals surface area contributed by atoms with Gasteiger partial charge < -0.3 is 14.4 Å². The molecule has 1 aromatic heterocycles. The van der Waals surface area contributed by atoms with Gasteiger partial charge in [0.25, 0.3) is 0 Å². The minimum absolute atomic E-state index is 0.0432. The first-order chi connectivity index (χ1) is 10.8. The van der Waals surface area contributed by atoms with Crippen molar-refractivity contribution in [1.29, 1.82) is 0 Å². The van der Waals surface area contributed by atoms with E-state index in [9.17, 15) is 4.79 Å². The van der Waals surface area contributed by atoms with Gasteiger partial charge in [0.2, 0.25) is 5.88 Å². The Labute approximate surface area is 141 Å². The Morgan fingerprint density at radius 2 is 1.87 bits per heavy atom. The van der Waals surface area contributed by atoms with Crippen molar-refractivity contribution in [2.45, 2.75) is 70.2 Å². The van der Waals surface area contributed by atoms with Gasteiger partial charge in [0.05, 0.1) is 0 Å². The lowest BCUT2D eigenvalue weighted by Gasteiger charge is -2.39. The third-order valence-corrected chi connectivity index (χ3v) is 4.39. The molecule has 0 aromatic carbocycles. The third kappa shape index (κ3) is 3.86. The predicted molar refractivity (Wildman–Crippen MR) is 85.6 cm³/mol. The maximum Gasteiger partial charge on any atom is 0.410 e. The number of ether oxygens (including phenoxy) is 2. The summed E-state index contributed by atoms with van der Waals surface area (Å²) < 4.78 is 11.4. The van der Waals surface area contributed by atoms with Crippen LogP contribution in [0.1, 0.15) is 46.5 Å². The van der Waals surface area contributed by atoms with Gasteiger partial charge in [-0.2, -0.15) is 0 Å². The molecule has 23 heavy (non-hydrogen) atoms. The number of piperidine rings is 1. The Kier molecular flexibility index (Phi) is 4.36. The standard InChI is InChI=1S/C16H22ClN3O3/c1-16(2,3)23-15(21)20-10-4-5-11(20)9-12(8-10)22-14-7-6-13(17)18-19-14/h6-7,10-12H,4-5,8-9H2,1-3H3/t10-,11+,12-. The first-order valence-corrected chi connectivity index (χ1v) is 8.37. The number of rotatable bonds is 2. The van der Waals surface area contributed by atoms with E-state index < -0.39 is 5.60 Å². The number of nitrogens with zero attached hydrogens (tertiary/aromatic N) is 3. The molecular formula is C16H22ClN3O3. The van der Waals surface area contributed by atoms with Crippen molar-refractivity contribution in [3.8, 4) is 5.88 Å². The van der Waals surface area contributed by atoms with E-state index in [1.54, 1.807) is 12.1 Å². The Hall–Kier alpha value is -1.56. The summed E-state index contributed by atoms with van der Waals surface area (Å²) in [6.07, 6.45) is 3.41. The molecule has 2 saturated heterocycles. The van der Waals surface area contributed by atoms with Crippen LogP contribution in [0.5, 0.6) is 5.88 Å². The van der Waals surface area contributed by atoms with Crippen LogP contribution in [-0.4, -0.2) is 45.0 Å². The second kappa shape index (κ2) is 6.15. The fourth-order valence-corrected chi connectivity index (χ4v) is 3.47. The zero-order valence-corrected chi connectivity index (χ0v) is 14.4. The summed E-state index contributed by atoms with van der Waals surface area (Å²) in [6, 6.07) is 3.73. The molecule has 2 aliphatic rings. The molecule has 0 N–H and O–H groups in total. The highest BCUT2D eigenvalue weighted by Crippen LogP contribution is 2.38. The normalized spacial score (nSPS) is 27.0. The topological polar surface area (TPSA) is 64.5 Å². The number of hydrogen-bond donors (Lipinski definition) is 0. The third-order valence-electron chi connectivity index (χ3n) is 4.19. The molecule has 1 aromatic rings. The zero-order chi connectivity index (χ0) is 16.6. The average molecular weight is 340 g/mol. The molecule has 2 fully saturated rings. The molecule has 3 rings (SSSR count). The fourth-order valence-electron chi connectivity index (χ4n) is 3.37. The molecule has 0 spiro atoms. The summed E-state index contributed by atoms with van der Waals surface area (Å²) in [4.78, 5) is 14.3. The van der Waals surface area contributed by atoms with Crippen LogP contribution < -0.4 is 4.74 Å². The molecule has 0 saturated carbocycles. The molecule has 0 unspecified atom stereocenters. The van der Waals surface area contributed by atoms with E-state index in [4.69, 9.17) is 21.1 Å². The average Bonchev–Trinajstić information content (AvgIpc) is 2.72. The molecule has 1 amide bonds. The van der Waals surface area contributed by atoms with Crippen LogP contribution in [0.25, 0.3) is 0 Å². The maximum absolute atomic E-state index is 12.4. The lowest BCUT2D eigenvalue weighted by atomic mass is 10.0. The zero-order valence-electron chi connectivity index (χ0n) is 13.7. The minimum Gasteiger partial charge on any atom is -0.473 e. The SMILES string of the molecule is CC(C)(C)OC(=O)N1[C@@H]2CC[C@H]1C[C@H](Oc1ccc(Cl)nn1)C2. The summed E-state index contributed by atoms with van der Waals surface area (Å²) in [6.45, 7) is 5.67. The Bertz CT molecular complexity index is 559. The minimum atomic E-state index is -0.469. The lowest BCUT2D eigenvalue weighted by Crippen LogP contribution is -2.50. The van der Waals surface area contributed by atoms with Crippen LogP contribution in [0.15, 0.2) is 12.1 Å². The summed E-state index contributed by atoms with van der Waals surface area (Å²) in [7, 11) is 0. The molecule has 0 radical (unpaired) electrons. The van der Waals surface area contributed by atoms with E-state index in [0.29, 0.717) is 11.0 Å². The molecule has 126 valence electrons. The first-order valence-electron chi connectivity index (χ1n) is 7.99. The van der Waals surface area contributed by atoms with Crippen LogP contribution in [0.2, 0.25) is 5.15 Å². The van der Waals surface area contributed by atoms with Crippen molar-refractivity contribution in [2.75, 3.05) is 0 Å². The second-order valence-corrected chi connectivity index (χ2v) is 7.57. The van der Waals surface area contributed by atoms with E-state index in [2.05, 4.69) is 10.2 Å². The van der Waals surface area contributed by atoms with Crippen molar-refractivity contribution in [2.24, 2.45) is 0 Å². The predicted octanol–water partition coefficient (Wildman–Crippen LogP) is 3.44. The molecule has 2 bridgehead atoms. The molecule has 0 aliphatic carbocycles. The highest BCUT2D eigenvalue weighted by Gasteiger charge is 2.45. The molecule has 3 heterocycles. The van der Waals surface area contributed by atoms with E-state index in [1.807, 2.05) is 25.7 Å². The summed E-state index contributed by atoms with van der Waals surface area (Å²) in [5.41, 5.74) is -0.469. The van der Waals surface area contributed by atoms with Gasteiger partial charge in [-0.3, -0.25) is 0 Å². The van der Waals surface area contributed by atoms with Crippen LogP contribution >= 0.6 is 11.6 Å². The maximum atomic E-state index is 12.4. The second-order valence-electron chi connectivity index (χ2n) is 7.18. The van der Waals surface area contributed by atoms with Crippen LogP contribution in [0.3, 0.4) is 0 Å². The Morgan fingerprint density at radius 1 is 1.22 bits per heavy atom. The molecule has 7 heteroatoms. The summed E-state index contributed by atoms with van der Waals surface area (Å²) in [5, 5.41) is 8.07. The van der Waals surface area contributed by atoms with Gasteiger partial charge in [0.15, 0.2) is 5.15 Å². The van der Waals surface area contributed by atoms with E-state index in [1.165, 1.54) is 0 Å². The highest BCUT2D eigenvalue weighted by atomic mass is 35.5. The van der Waals surface area contributed by atoms with Crippen LogP contribution in [-0.2, 0) is 4.74 Å². The Balaban J connectivity index is 1.62. The fraction of sp³-hybridized carbons (Fsp3) is 0.688. The van der Waals surface area contributed by atoms with E-state index in [0.717, 1.165) is 25.7 Å². The van der Waals surface area contributed by atoms with Gasteiger partial charge >= 0.3 is 6.09 Å². The van der Waals surface area contributed by atoms with Crippen molar-refractivity contribution in [1.82, 2.24) is 15.1 Å². The number of fused-ring (bicyclic) bond motifs is 2. The monoisotopic (exact) mass is 339 g/mol. The van der Waals surface area contributed by atoms with Gasteiger partial charge in [-0.05, 0) is 39.7 Å². The number of amides is 1. The molecule has 6 nitrogen and oxygen atoms in total. The van der Waals surface area contributed by atoms with Gasteiger partial charge in [0.1, 0.15) is 11.7 Å². The quantitative estimate of drug-likeness (QED) is 0.825. The van der Waals surface area contributed by atoms with Gasteiger partial charge in [0, 0.05) is 31.0 Å². The highest BCUT2D eigenvalue weighted by molar-refractivity contribution is 6.29. The number of halogens is 1. The first kappa shape index (κ1) is 16.3. The lowest BCUT2D eigenvalue weighted by molar-refractivity contribution is -0.00771. The Morgan fingerprint density at radius 3 is 2.39 bits per heavy atom. The summed E-state index contributed by atoms with van der Waals surface area (Å²) in [5.74, 6) is 0.476. The van der Waals surface area contributed by atoms with Crippen LogP contribution in [0, 0.1) is 0 Å².